The first-order chi connectivity index (χ1) is 15.9. The van der Waals surface area contributed by atoms with Gasteiger partial charge >= 0.3 is 0 Å². The Morgan fingerprint density at radius 1 is 0.727 bits per heavy atom. The highest BCUT2D eigenvalue weighted by molar-refractivity contribution is 7.86. The van der Waals surface area contributed by atoms with Crippen LogP contribution in [0.4, 0.5) is 0 Å². The number of hydrogen-bond donors (Lipinski definition) is 2. The average Bonchev–Trinajstić information content (AvgIpc) is 2.83. The average molecular weight is 459 g/mol. The van der Waals surface area contributed by atoms with E-state index >= 15 is 0 Å². The van der Waals surface area contributed by atoms with E-state index < -0.39 is 20.8 Å². The lowest BCUT2D eigenvalue weighted by Crippen LogP contribution is -2.11. The fourth-order valence-electron chi connectivity index (χ4n) is 4.44. The van der Waals surface area contributed by atoms with Gasteiger partial charge in [-0.15, -0.1) is 0 Å². The van der Waals surface area contributed by atoms with E-state index in [9.17, 15) is 18.1 Å². The SMILES string of the molecule is CC(CC(c1ccccc1)c1ccc(O)c(S(=O)(=O)O)c1-c1ccccc1)c1ccccc1. The van der Waals surface area contributed by atoms with E-state index in [1.54, 1.807) is 30.3 Å². The predicted molar refractivity (Wildman–Crippen MR) is 131 cm³/mol. The van der Waals surface area contributed by atoms with E-state index in [4.69, 9.17) is 0 Å². The van der Waals surface area contributed by atoms with Crippen molar-refractivity contribution < 1.29 is 18.1 Å². The van der Waals surface area contributed by atoms with Crippen LogP contribution in [0.15, 0.2) is 108 Å². The first kappa shape index (κ1) is 22.8. The molecule has 0 radical (unpaired) electrons. The van der Waals surface area contributed by atoms with Crippen LogP contribution in [0.3, 0.4) is 0 Å². The Labute approximate surface area is 194 Å². The molecule has 0 aliphatic heterocycles. The predicted octanol–water partition coefficient (Wildman–Crippen LogP) is 6.63. The summed E-state index contributed by atoms with van der Waals surface area (Å²) in [5.74, 6) is -0.455. The van der Waals surface area contributed by atoms with Gasteiger partial charge in [-0.3, -0.25) is 4.55 Å². The largest absolute Gasteiger partial charge is 0.506 e. The van der Waals surface area contributed by atoms with Crippen molar-refractivity contribution >= 4 is 10.1 Å². The Kier molecular flexibility index (Phi) is 6.63. The molecular weight excluding hydrogens is 432 g/mol. The third-order valence-corrected chi connectivity index (χ3v) is 6.95. The molecule has 0 aliphatic carbocycles. The standard InChI is InChI=1S/C28H26O4S/c1-20(21-11-5-2-6-12-21)19-25(22-13-7-3-8-14-22)24-17-18-26(29)28(33(30,31)32)27(24)23-15-9-4-10-16-23/h2-18,20,25,29H,19H2,1H3,(H,30,31,32). The van der Waals surface area contributed by atoms with Gasteiger partial charge in [-0.1, -0.05) is 104 Å². The Hall–Kier alpha value is -3.41. The lowest BCUT2D eigenvalue weighted by molar-refractivity contribution is 0.443. The fourth-order valence-corrected chi connectivity index (χ4v) is 5.27. The summed E-state index contributed by atoms with van der Waals surface area (Å²) in [6.07, 6.45) is 0.712. The van der Waals surface area contributed by atoms with Crippen molar-refractivity contribution in [3.8, 4) is 16.9 Å². The number of aromatic hydroxyl groups is 1. The molecular formula is C28H26O4S. The number of hydrogen-bond acceptors (Lipinski definition) is 3. The van der Waals surface area contributed by atoms with Crippen LogP contribution >= 0.6 is 0 Å². The van der Waals surface area contributed by atoms with Crippen molar-refractivity contribution in [1.82, 2.24) is 0 Å². The molecule has 4 nitrogen and oxygen atoms in total. The van der Waals surface area contributed by atoms with Crippen LogP contribution < -0.4 is 0 Å². The van der Waals surface area contributed by atoms with Gasteiger partial charge in [0.15, 0.2) is 0 Å². The molecule has 2 atom stereocenters. The third-order valence-electron chi connectivity index (χ3n) is 6.02. The van der Waals surface area contributed by atoms with Crippen LogP contribution in [0, 0.1) is 0 Å². The summed E-state index contributed by atoms with van der Waals surface area (Å²) >= 11 is 0. The molecule has 0 saturated carbocycles. The number of benzene rings is 4. The van der Waals surface area contributed by atoms with Crippen molar-refractivity contribution in [3.05, 3.63) is 120 Å². The van der Waals surface area contributed by atoms with E-state index in [0.717, 1.165) is 11.1 Å². The summed E-state index contributed by atoms with van der Waals surface area (Å²) in [6.45, 7) is 2.15. The summed E-state index contributed by atoms with van der Waals surface area (Å²) in [7, 11) is -4.68. The molecule has 4 rings (SSSR count). The van der Waals surface area contributed by atoms with Gasteiger partial charge in [0.1, 0.15) is 10.6 Å². The van der Waals surface area contributed by atoms with Crippen LogP contribution in [0.5, 0.6) is 5.75 Å². The van der Waals surface area contributed by atoms with Crippen LogP contribution in [-0.2, 0) is 10.1 Å². The molecule has 168 valence electrons. The highest BCUT2D eigenvalue weighted by Crippen LogP contribution is 2.44. The second-order valence-corrected chi connectivity index (χ2v) is 9.59. The fraction of sp³-hybridized carbons (Fsp3) is 0.143. The molecule has 33 heavy (non-hydrogen) atoms. The van der Waals surface area contributed by atoms with E-state index in [0.29, 0.717) is 17.5 Å². The van der Waals surface area contributed by atoms with Crippen molar-refractivity contribution in [3.63, 3.8) is 0 Å². The first-order valence-electron chi connectivity index (χ1n) is 10.8. The maximum Gasteiger partial charge on any atom is 0.298 e. The Balaban J connectivity index is 1.96. The quantitative estimate of drug-likeness (QED) is 0.305. The summed E-state index contributed by atoms with van der Waals surface area (Å²) in [4.78, 5) is -0.459. The molecule has 0 heterocycles. The zero-order chi connectivity index (χ0) is 23.4. The van der Waals surface area contributed by atoms with E-state index in [1.807, 2.05) is 54.6 Å². The van der Waals surface area contributed by atoms with Gasteiger partial charge in [0.05, 0.1) is 0 Å². The smallest absolute Gasteiger partial charge is 0.298 e. The van der Waals surface area contributed by atoms with Crippen LogP contribution in [0.2, 0.25) is 0 Å². The van der Waals surface area contributed by atoms with E-state index in [1.165, 1.54) is 11.6 Å². The second-order valence-electron chi connectivity index (χ2n) is 8.23. The van der Waals surface area contributed by atoms with Gasteiger partial charge in [-0.25, -0.2) is 0 Å². The van der Waals surface area contributed by atoms with Gasteiger partial charge in [-0.2, -0.15) is 8.42 Å². The lowest BCUT2D eigenvalue weighted by Gasteiger charge is -2.26. The summed E-state index contributed by atoms with van der Waals surface area (Å²) < 4.78 is 34.9. The zero-order valence-corrected chi connectivity index (χ0v) is 19.1. The van der Waals surface area contributed by atoms with Crippen LogP contribution in [-0.4, -0.2) is 18.1 Å². The normalized spacial score (nSPS) is 13.4. The topological polar surface area (TPSA) is 74.6 Å². The minimum Gasteiger partial charge on any atom is -0.506 e. The molecule has 4 aromatic rings. The molecule has 0 spiro atoms. The van der Waals surface area contributed by atoms with Crippen LogP contribution in [0.1, 0.15) is 41.9 Å². The van der Waals surface area contributed by atoms with Gasteiger partial charge in [0.2, 0.25) is 0 Å². The highest BCUT2D eigenvalue weighted by Gasteiger charge is 2.29. The van der Waals surface area contributed by atoms with Gasteiger partial charge in [0.25, 0.3) is 10.1 Å². The molecule has 4 aromatic carbocycles. The van der Waals surface area contributed by atoms with Gasteiger partial charge in [-0.05, 0) is 40.7 Å². The summed E-state index contributed by atoms with van der Waals surface area (Å²) in [5.41, 5.74) is 3.90. The van der Waals surface area contributed by atoms with Gasteiger partial charge < -0.3 is 5.11 Å². The third kappa shape index (κ3) is 5.00. The molecule has 2 N–H and O–H groups in total. The number of rotatable bonds is 7. The van der Waals surface area contributed by atoms with Crippen molar-refractivity contribution in [2.75, 3.05) is 0 Å². The minimum atomic E-state index is -4.68. The summed E-state index contributed by atoms with van der Waals surface area (Å²) in [5, 5.41) is 10.5. The van der Waals surface area contributed by atoms with Crippen LogP contribution in [0.25, 0.3) is 11.1 Å². The number of phenolic OH excluding ortho intramolecular Hbond substituents is 1. The lowest BCUT2D eigenvalue weighted by atomic mass is 9.79. The minimum absolute atomic E-state index is 0.169. The molecule has 0 aliphatic rings. The molecule has 0 fully saturated rings. The maximum absolute atomic E-state index is 12.4. The zero-order valence-electron chi connectivity index (χ0n) is 18.3. The van der Waals surface area contributed by atoms with Crippen molar-refractivity contribution in [1.29, 1.82) is 0 Å². The molecule has 5 heteroatoms. The molecule has 2 unspecified atom stereocenters. The molecule has 0 saturated heterocycles. The van der Waals surface area contributed by atoms with Crippen molar-refractivity contribution in [2.24, 2.45) is 0 Å². The van der Waals surface area contributed by atoms with E-state index in [-0.39, 0.29) is 11.8 Å². The second kappa shape index (κ2) is 9.61. The Morgan fingerprint density at radius 2 is 1.24 bits per heavy atom. The Bertz CT molecular complexity index is 1320. The molecule has 0 aromatic heterocycles. The maximum atomic E-state index is 12.4. The van der Waals surface area contributed by atoms with Gasteiger partial charge in [0, 0.05) is 11.5 Å². The summed E-state index contributed by atoms with van der Waals surface area (Å²) in [6, 6.07) is 32.2. The number of phenols is 1. The first-order valence-corrected chi connectivity index (χ1v) is 12.3. The van der Waals surface area contributed by atoms with Crippen molar-refractivity contribution in [2.45, 2.75) is 30.1 Å². The molecule has 0 amide bonds. The van der Waals surface area contributed by atoms with E-state index in [2.05, 4.69) is 19.1 Å². The Morgan fingerprint density at radius 3 is 1.79 bits per heavy atom. The monoisotopic (exact) mass is 458 g/mol. The highest BCUT2D eigenvalue weighted by atomic mass is 32.2. The molecule has 0 bridgehead atoms.